The molecule has 2 aromatic carbocycles. The van der Waals surface area contributed by atoms with Crippen LogP contribution in [0, 0.1) is 6.92 Å². The second kappa shape index (κ2) is 7.61. The van der Waals surface area contributed by atoms with Gasteiger partial charge in [-0.3, -0.25) is 0 Å². The lowest BCUT2D eigenvalue weighted by atomic mass is 10.1. The topological polar surface area (TPSA) is 116 Å². The molecule has 0 saturated carbocycles. The lowest BCUT2D eigenvalue weighted by Gasteiger charge is -2.08. The molecule has 9 heteroatoms. The molecule has 0 atom stereocenters. The van der Waals surface area contributed by atoms with E-state index in [1.54, 1.807) is 18.3 Å². The molecule has 4 aromatic rings. The predicted molar refractivity (Wildman–Crippen MR) is 111 cm³/mol. The number of nitrogens with zero attached hydrogens (tertiary/aromatic N) is 4. The van der Waals surface area contributed by atoms with Crippen molar-refractivity contribution in [2.45, 2.75) is 18.2 Å². The summed E-state index contributed by atoms with van der Waals surface area (Å²) >= 11 is 0. The number of nitrogens with one attached hydrogen (secondary N) is 1. The van der Waals surface area contributed by atoms with Gasteiger partial charge in [0.2, 0.25) is 10.0 Å². The molecule has 0 aliphatic carbocycles. The maximum absolute atomic E-state index is 11.3. The van der Waals surface area contributed by atoms with E-state index in [1.165, 1.54) is 18.5 Å². The molecule has 29 heavy (non-hydrogen) atoms. The molecular weight excluding hydrogens is 388 g/mol. The smallest absolute Gasteiger partial charge is 0.238 e. The summed E-state index contributed by atoms with van der Waals surface area (Å²) in [7, 11) is -3.67. The maximum Gasteiger partial charge on any atom is 0.238 e. The zero-order valence-electron chi connectivity index (χ0n) is 15.8. The molecule has 3 N–H and O–H groups in total. The second-order valence-corrected chi connectivity index (χ2v) is 8.23. The van der Waals surface area contributed by atoms with E-state index >= 15 is 0 Å². The second-order valence-electron chi connectivity index (χ2n) is 6.67. The molecule has 0 fully saturated rings. The summed E-state index contributed by atoms with van der Waals surface area (Å²) < 4.78 is 24.5. The van der Waals surface area contributed by atoms with Gasteiger partial charge in [0, 0.05) is 6.54 Å². The number of primary sulfonamides is 1. The Hall–Kier alpha value is -3.30. The van der Waals surface area contributed by atoms with Crippen LogP contribution >= 0.6 is 0 Å². The predicted octanol–water partition coefficient (Wildman–Crippen LogP) is 2.43. The maximum atomic E-state index is 11.3. The molecule has 0 aliphatic heterocycles. The van der Waals surface area contributed by atoms with E-state index in [2.05, 4.69) is 20.4 Å². The number of benzene rings is 2. The molecule has 0 radical (unpaired) electrons. The largest absolute Gasteiger partial charge is 0.369 e. The van der Waals surface area contributed by atoms with Gasteiger partial charge < -0.3 is 5.32 Å². The summed E-state index contributed by atoms with van der Waals surface area (Å²) in [6, 6.07) is 14.5. The Morgan fingerprint density at radius 3 is 2.55 bits per heavy atom. The summed E-state index contributed by atoms with van der Waals surface area (Å²) in [5.41, 5.74) is 3.80. The zero-order valence-corrected chi connectivity index (χ0v) is 16.6. The highest BCUT2D eigenvalue weighted by atomic mass is 32.2. The first-order valence-electron chi connectivity index (χ1n) is 9.04. The van der Waals surface area contributed by atoms with Crippen molar-refractivity contribution in [1.82, 2.24) is 19.7 Å². The number of sulfonamides is 1. The van der Waals surface area contributed by atoms with Gasteiger partial charge in [0.25, 0.3) is 0 Å². The highest BCUT2D eigenvalue weighted by Gasteiger charge is 2.12. The first-order chi connectivity index (χ1) is 13.9. The molecule has 0 amide bonds. The van der Waals surface area contributed by atoms with Gasteiger partial charge >= 0.3 is 0 Å². The lowest BCUT2D eigenvalue weighted by molar-refractivity contribution is 0.598. The minimum atomic E-state index is -3.67. The van der Waals surface area contributed by atoms with E-state index in [-0.39, 0.29) is 4.90 Å². The molecule has 4 rings (SSSR count). The summed E-state index contributed by atoms with van der Waals surface area (Å²) in [4.78, 5) is 8.85. The van der Waals surface area contributed by atoms with Gasteiger partial charge in [-0.05, 0) is 42.7 Å². The monoisotopic (exact) mass is 408 g/mol. The van der Waals surface area contributed by atoms with Gasteiger partial charge in [0.05, 0.1) is 22.2 Å². The van der Waals surface area contributed by atoms with Crippen LogP contribution in [-0.4, -0.2) is 34.7 Å². The molecule has 0 bridgehead atoms. The van der Waals surface area contributed by atoms with Crippen LogP contribution in [0.4, 0.5) is 5.82 Å². The fourth-order valence-corrected chi connectivity index (χ4v) is 3.65. The molecule has 0 saturated heterocycles. The Labute approximate surface area is 168 Å². The number of hydrogen-bond acceptors (Lipinski definition) is 6. The minimum absolute atomic E-state index is 0.107. The van der Waals surface area contributed by atoms with Gasteiger partial charge in [-0.2, -0.15) is 5.10 Å². The van der Waals surface area contributed by atoms with Gasteiger partial charge in [0.15, 0.2) is 5.65 Å². The van der Waals surface area contributed by atoms with E-state index in [1.807, 2.05) is 35.9 Å². The first-order valence-corrected chi connectivity index (χ1v) is 10.6. The molecule has 2 aromatic heterocycles. The van der Waals surface area contributed by atoms with Crippen LogP contribution in [0.5, 0.6) is 0 Å². The Bertz CT molecular complexity index is 1270. The van der Waals surface area contributed by atoms with E-state index in [0.717, 1.165) is 27.8 Å². The molecule has 0 aliphatic rings. The molecule has 148 valence electrons. The molecular formula is C20H20N6O2S. The van der Waals surface area contributed by atoms with Crippen molar-refractivity contribution in [2.24, 2.45) is 5.14 Å². The van der Waals surface area contributed by atoms with E-state index in [0.29, 0.717) is 18.8 Å². The van der Waals surface area contributed by atoms with Crippen LogP contribution in [0.25, 0.3) is 16.7 Å². The number of nitrogens with two attached hydrogens (primary N) is 1. The molecule has 0 spiro atoms. The Morgan fingerprint density at radius 2 is 1.83 bits per heavy atom. The van der Waals surface area contributed by atoms with E-state index < -0.39 is 10.0 Å². The Kier molecular flexibility index (Phi) is 4.99. The number of para-hydroxylation sites is 1. The Balaban J connectivity index is 1.51. The van der Waals surface area contributed by atoms with Crippen molar-refractivity contribution in [3.63, 3.8) is 0 Å². The quantitative estimate of drug-likeness (QED) is 0.506. The molecule has 0 unspecified atom stereocenters. The fourth-order valence-electron chi connectivity index (χ4n) is 3.13. The highest BCUT2D eigenvalue weighted by molar-refractivity contribution is 7.89. The average Bonchev–Trinajstić information content (AvgIpc) is 3.13. The highest BCUT2D eigenvalue weighted by Crippen LogP contribution is 2.23. The standard InChI is InChI=1S/C20H20N6O2S/c1-14-4-2-3-5-18(14)26-20-17(12-25-26)19(23-13-24-20)22-11-10-15-6-8-16(9-7-15)29(21,27)28/h2-9,12-13H,10-11H2,1H3,(H2,21,27,28)(H,22,23,24). The molecule has 8 nitrogen and oxygen atoms in total. The number of fused-ring (bicyclic) bond motifs is 1. The minimum Gasteiger partial charge on any atom is -0.369 e. The van der Waals surface area contributed by atoms with Crippen LogP contribution in [0.3, 0.4) is 0 Å². The third-order valence-electron chi connectivity index (χ3n) is 4.67. The number of hydrogen-bond donors (Lipinski definition) is 2. The summed E-state index contributed by atoms with van der Waals surface area (Å²) in [6.07, 6.45) is 3.97. The van der Waals surface area contributed by atoms with Crippen molar-refractivity contribution in [1.29, 1.82) is 0 Å². The summed E-state index contributed by atoms with van der Waals surface area (Å²) in [5.74, 6) is 0.705. The van der Waals surface area contributed by atoms with Crippen LogP contribution in [0.15, 0.2) is 66.0 Å². The number of aryl methyl sites for hydroxylation is 1. The van der Waals surface area contributed by atoms with Gasteiger partial charge in [0.1, 0.15) is 12.1 Å². The van der Waals surface area contributed by atoms with Crippen LogP contribution in [0.2, 0.25) is 0 Å². The van der Waals surface area contributed by atoms with E-state index in [9.17, 15) is 8.42 Å². The number of rotatable bonds is 6. The van der Waals surface area contributed by atoms with Gasteiger partial charge in [-0.25, -0.2) is 28.2 Å². The molecule has 2 heterocycles. The van der Waals surface area contributed by atoms with Crippen molar-refractivity contribution >= 4 is 26.9 Å². The van der Waals surface area contributed by atoms with Crippen molar-refractivity contribution in [2.75, 3.05) is 11.9 Å². The SMILES string of the molecule is Cc1ccccc1-n1ncc2c(NCCc3ccc(S(N)(=O)=O)cc3)ncnc21. The first kappa shape index (κ1) is 19.0. The lowest BCUT2D eigenvalue weighted by Crippen LogP contribution is -2.12. The normalized spacial score (nSPS) is 11.7. The van der Waals surface area contributed by atoms with Crippen molar-refractivity contribution < 1.29 is 8.42 Å². The zero-order chi connectivity index (χ0) is 20.4. The summed E-state index contributed by atoms with van der Waals surface area (Å²) in [6.45, 7) is 2.65. The third-order valence-corrected chi connectivity index (χ3v) is 5.60. The van der Waals surface area contributed by atoms with Gasteiger partial charge in [-0.1, -0.05) is 30.3 Å². The average molecular weight is 408 g/mol. The van der Waals surface area contributed by atoms with Crippen molar-refractivity contribution in [3.05, 3.63) is 72.2 Å². The van der Waals surface area contributed by atoms with Crippen LogP contribution < -0.4 is 10.5 Å². The van der Waals surface area contributed by atoms with Crippen LogP contribution in [0.1, 0.15) is 11.1 Å². The summed E-state index contributed by atoms with van der Waals surface area (Å²) in [5, 5.41) is 13.8. The fraction of sp³-hybridized carbons (Fsp3) is 0.150. The van der Waals surface area contributed by atoms with Crippen LogP contribution in [-0.2, 0) is 16.4 Å². The number of anilines is 1. The van der Waals surface area contributed by atoms with Gasteiger partial charge in [-0.15, -0.1) is 0 Å². The number of aromatic nitrogens is 4. The Morgan fingerprint density at radius 1 is 1.07 bits per heavy atom. The van der Waals surface area contributed by atoms with E-state index in [4.69, 9.17) is 5.14 Å². The third kappa shape index (κ3) is 3.96. The van der Waals surface area contributed by atoms with Crippen molar-refractivity contribution in [3.8, 4) is 5.69 Å².